The van der Waals surface area contributed by atoms with Crippen LogP contribution in [0.4, 0.5) is 0 Å². The fourth-order valence-corrected chi connectivity index (χ4v) is 1.63. The molecule has 0 aliphatic heterocycles. The molecule has 0 saturated carbocycles. The number of allylic oxidation sites excluding steroid dienone is 1. The summed E-state index contributed by atoms with van der Waals surface area (Å²) in [5.41, 5.74) is 6.93. The Kier molecular flexibility index (Phi) is 6.41. The lowest BCUT2D eigenvalue weighted by Gasteiger charge is -2.08. The number of ether oxygens (including phenoxy) is 1. The number of rotatable bonds is 8. The molecular formula is C15H23NO. The molecule has 0 amide bonds. The van der Waals surface area contributed by atoms with Crippen LogP contribution < -0.4 is 10.5 Å². The van der Waals surface area contributed by atoms with Crippen LogP contribution in [0.2, 0.25) is 0 Å². The lowest BCUT2D eigenvalue weighted by molar-refractivity contribution is 0.305. The molecule has 0 saturated heterocycles. The van der Waals surface area contributed by atoms with Crippen LogP contribution in [-0.2, 0) is 0 Å². The van der Waals surface area contributed by atoms with E-state index >= 15 is 0 Å². The maximum absolute atomic E-state index is 5.78. The molecule has 0 radical (unpaired) electrons. The van der Waals surface area contributed by atoms with Crippen LogP contribution in [0.15, 0.2) is 36.9 Å². The van der Waals surface area contributed by atoms with Gasteiger partial charge in [0.05, 0.1) is 6.61 Å². The van der Waals surface area contributed by atoms with Gasteiger partial charge in [0.25, 0.3) is 0 Å². The van der Waals surface area contributed by atoms with Crippen molar-refractivity contribution in [3.8, 4) is 5.75 Å². The van der Waals surface area contributed by atoms with Crippen molar-refractivity contribution < 1.29 is 4.74 Å². The summed E-state index contributed by atoms with van der Waals surface area (Å²) in [5, 5.41) is 0. The Balaban J connectivity index is 2.21. The third kappa shape index (κ3) is 5.55. The highest BCUT2D eigenvalue weighted by molar-refractivity contribution is 5.28. The molecule has 0 aromatic heterocycles. The van der Waals surface area contributed by atoms with Gasteiger partial charge in [0.15, 0.2) is 0 Å². The second-order valence-electron chi connectivity index (χ2n) is 4.34. The van der Waals surface area contributed by atoms with Gasteiger partial charge in [-0.2, -0.15) is 0 Å². The number of benzene rings is 1. The zero-order valence-electron chi connectivity index (χ0n) is 10.7. The van der Waals surface area contributed by atoms with Crippen LogP contribution in [0.1, 0.15) is 44.2 Å². The molecule has 0 aliphatic carbocycles. The molecule has 2 heteroatoms. The molecule has 1 rings (SSSR count). The highest BCUT2D eigenvalue weighted by atomic mass is 16.5. The summed E-state index contributed by atoms with van der Waals surface area (Å²) < 4.78 is 5.65. The molecule has 2 N–H and O–H groups in total. The van der Waals surface area contributed by atoms with Gasteiger partial charge in [-0.3, -0.25) is 0 Å². The summed E-state index contributed by atoms with van der Waals surface area (Å²) in [4.78, 5) is 0. The molecule has 1 aromatic carbocycles. The van der Waals surface area contributed by atoms with Crippen LogP contribution in [0.25, 0.3) is 0 Å². The first kappa shape index (κ1) is 13.8. The van der Waals surface area contributed by atoms with Crippen molar-refractivity contribution >= 4 is 0 Å². The van der Waals surface area contributed by atoms with Gasteiger partial charge in [-0.15, -0.1) is 6.58 Å². The maximum atomic E-state index is 5.78. The number of nitrogens with two attached hydrogens (primary N) is 1. The van der Waals surface area contributed by atoms with Crippen molar-refractivity contribution in [3.63, 3.8) is 0 Å². The third-order valence-electron chi connectivity index (χ3n) is 2.73. The summed E-state index contributed by atoms with van der Waals surface area (Å²) in [6, 6.07) is 8.11. The van der Waals surface area contributed by atoms with E-state index in [2.05, 4.69) is 6.58 Å². The summed E-state index contributed by atoms with van der Waals surface area (Å²) in [6.45, 7) is 6.47. The second kappa shape index (κ2) is 7.91. The minimum Gasteiger partial charge on any atom is -0.494 e. The first-order valence-electron chi connectivity index (χ1n) is 6.33. The van der Waals surface area contributed by atoms with Crippen LogP contribution in [-0.4, -0.2) is 6.61 Å². The lowest BCUT2D eigenvalue weighted by atomic mass is 10.1. The molecule has 1 unspecified atom stereocenters. The fourth-order valence-electron chi connectivity index (χ4n) is 1.63. The summed E-state index contributed by atoms with van der Waals surface area (Å²) >= 11 is 0. The predicted octanol–water partition coefficient (Wildman–Crippen LogP) is 3.83. The molecule has 0 bridgehead atoms. The molecular weight excluding hydrogens is 210 g/mol. The van der Waals surface area contributed by atoms with Gasteiger partial charge >= 0.3 is 0 Å². The van der Waals surface area contributed by atoms with Crippen LogP contribution in [0.5, 0.6) is 5.75 Å². The maximum Gasteiger partial charge on any atom is 0.119 e. The van der Waals surface area contributed by atoms with E-state index in [9.17, 15) is 0 Å². The van der Waals surface area contributed by atoms with E-state index in [1.807, 2.05) is 37.3 Å². The highest BCUT2D eigenvalue weighted by Gasteiger charge is 1.99. The molecule has 1 aromatic rings. The minimum atomic E-state index is 0.0861. The minimum absolute atomic E-state index is 0.0861. The first-order valence-corrected chi connectivity index (χ1v) is 6.33. The van der Waals surface area contributed by atoms with Gasteiger partial charge in [-0.05, 0) is 50.3 Å². The van der Waals surface area contributed by atoms with E-state index in [0.29, 0.717) is 0 Å². The van der Waals surface area contributed by atoms with Crippen molar-refractivity contribution in [3.05, 3.63) is 42.5 Å². The Morgan fingerprint density at radius 1 is 1.24 bits per heavy atom. The predicted molar refractivity (Wildman–Crippen MR) is 73.2 cm³/mol. The molecule has 1 atom stereocenters. The van der Waals surface area contributed by atoms with Crippen molar-refractivity contribution in [1.82, 2.24) is 0 Å². The van der Waals surface area contributed by atoms with Gasteiger partial charge in [-0.25, -0.2) is 0 Å². The van der Waals surface area contributed by atoms with Gasteiger partial charge < -0.3 is 10.5 Å². The molecule has 94 valence electrons. The zero-order valence-corrected chi connectivity index (χ0v) is 10.7. The van der Waals surface area contributed by atoms with Crippen LogP contribution in [0.3, 0.4) is 0 Å². The number of hydrogen-bond donors (Lipinski definition) is 1. The van der Waals surface area contributed by atoms with Crippen LogP contribution >= 0.6 is 0 Å². The topological polar surface area (TPSA) is 35.2 Å². The van der Waals surface area contributed by atoms with E-state index in [1.54, 1.807) is 0 Å². The average Bonchev–Trinajstić information content (AvgIpc) is 2.34. The van der Waals surface area contributed by atoms with E-state index in [4.69, 9.17) is 10.5 Å². The van der Waals surface area contributed by atoms with E-state index in [1.165, 1.54) is 12.8 Å². The Bertz CT molecular complexity index is 316. The Hall–Kier alpha value is -1.28. The Morgan fingerprint density at radius 3 is 2.53 bits per heavy atom. The lowest BCUT2D eigenvalue weighted by Crippen LogP contribution is -2.04. The van der Waals surface area contributed by atoms with E-state index in [-0.39, 0.29) is 6.04 Å². The fraction of sp³-hybridized carbons (Fsp3) is 0.467. The monoisotopic (exact) mass is 233 g/mol. The Morgan fingerprint density at radius 2 is 1.94 bits per heavy atom. The second-order valence-corrected chi connectivity index (χ2v) is 4.34. The number of unbranched alkanes of at least 4 members (excludes halogenated alkanes) is 3. The number of hydrogen-bond acceptors (Lipinski definition) is 2. The van der Waals surface area contributed by atoms with E-state index < -0.39 is 0 Å². The van der Waals surface area contributed by atoms with E-state index in [0.717, 1.165) is 30.8 Å². The normalized spacial score (nSPS) is 12.1. The molecule has 0 heterocycles. The molecule has 17 heavy (non-hydrogen) atoms. The zero-order chi connectivity index (χ0) is 12.5. The van der Waals surface area contributed by atoms with Crippen LogP contribution in [0, 0.1) is 0 Å². The molecule has 0 aliphatic rings. The van der Waals surface area contributed by atoms with Gasteiger partial charge in [0.1, 0.15) is 5.75 Å². The van der Waals surface area contributed by atoms with Crippen molar-refractivity contribution in [1.29, 1.82) is 0 Å². The molecule has 2 nitrogen and oxygen atoms in total. The standard InChI is InChI=1S/C15H23NO/c1-3-4-5-6-7-12-17-15-10-8-14(9-11-15)13(2)16/h3,8-11,13H,1,4-7,12,16H2,2H3. The van der Waals surface area contributed by atoms with Crippen molar-refractivity contribution in [2.24, 2.45) is 5.73 Å². The largest absolute Gasteiger partial charge is 0.494 e. The van der Waals surface area contributed by atoms with Crippen molar-refractivity contribution in [2.45, 2.75) is 38.6 Å². The highest BCUT2D eigenvalue weighted by Crippen LogP contribution is 2.16. The molecule has 0 fully saturated rings. The summed E-state index contributed by atoms with van der Waals surface area (Å²) in [5.74, 6) is 0.929. The van der Waals surface area contributed by atoms with Crippen molar-refractivity contribution in [2.75, 3.05) is 6.61 Å². The summed E-state index contributed by atoms with van der Waals surface area (Å²) in [6.07, 6.45) is 6.57. The quantitative estimate of drug-likeness (QED) is 0.547. The first-order chi connectivity index (χ1) is 8.24. The Labute approximate surface area is 104 Å². The summed E-state index contributed by atoms with van der Waals surface area (Å²) in [7, 11) is 0. The molecule has 0 spiro atoms. The van der Waals surface area contributed by atoms with Gasteiger partial charge in [0.2, 0.25) is 0 Å². The SMILES string of the molecule is C=CCCCCCOc1ccc(C(C)N)cc1. The van der Waals surface area contributed by atoms with Gasteiger partial charge in [-0.1, -0.05) is 18.2 Å². The van der Waals surface area contributed by atoms with Gasteiger partial charge in [0, 0.05) is 6.04 Å². The smallest absolute Gasteiger partial charge is 0.119 e. The third-order valence-corrected chi connectivity index (χ3v) is 2.73. The average molecular weight is 233 g/mol.